The zero-order chi connectivity index (χ0) is 30.8. The molecule has 2 unspecified atom stereocenters. The lowest BCUT2D eigenvalue weighted by atomic mass is 9.97. The van der Waals surface area contributed by atoms with Gasteiger partial charge in [0.15, 0.2) is 0 Å². The molecule has 2 heterocycles. The molecule has 3 N–H and O–H groups in total. The molecule has 0 saturated heterocycles. The fourth-order valence-electron chi connectivity index (χ4n) is 5.01. The first-order valence-electron chi connectivity index (χ1n) is 13.8. The SMILES string of the molecule is CN1CCC(NC(=O)OC(C)(C)C)c2ccc(Br)cc21.Cc1ccc(S(=O)(=O)N2CCC(N)c3ccc(Br)cc32)cc1. The quantitative estimate of drug-likeness (QED) is 0.296. The summed E-state index contributed by atoms with van der Waals surface area (Å²) in [5, 5.41) is 2.97. The molecular formula is C31H38Br2N4O4S. The van der Waals surface area contributed by atoms with E-state index in [0.29, 0.717) is 23.5 Å². The van der Waals surface area contributed by atoms with E-state index in [9.17, 15) is 13.2 Å². The molecule has 0 saturated carbocycles. The fourth-order valence-corrected chi connectivity index (χ4v) is 7.20. The lowest BCUT2D eigenvalue weighted by molar-refractivity contribution is 0.0500. The summed E-state index contributed by atoms with van der Waals surface area (Å²) in [5.74, 6) is 0. The number of benzene rings is 3. The molecule has 0 bridgehead atoms. The normalized spacial score (nSPS) is 18.3. The van der Waals surface area contributed by atoms with Crippen molar-refractivity contribution >= 4 is 59.4 Å². The van der Waals surface area contributed by atoms with Gasteiger partial charge in [-0.25, -0.2) is 13.2 Å². The second kappa shape index (κ2) is 13.0. The molecule has 2 atom stereocenters. The number of carbonyl (C=O) groups excluding carboxylic acids is 1. The smallest absolute Gasteiger partial charge is 0.408 e. The highest BCUT2D eigenvalue weighted by molar-refractivity contribution is 9.10. The molecule has 0 spiro atoms. The maximum absolute atomic E-state index is 12.9. The van der Waals surface area contributed by atoms with E-state index in [2.05, 4.69) is 61.3 Å². The second-order valence-electron chi connectivity index (χ2n) is 11.6. The molecule has 0 aliphatic carbocycles. The maximum Gasteiger partial charge on any atom is 0.408 e. The van der Waals surface area contributed by atoms with Gasteiger partial charge in [0.25, 0.3) is 10.0 Å². The molecule has 1 amide bonds. The third kappa shape index (κ3) is 7.67. The summed E-state index contributed by atoms with van der Waals surface area (Å²) in [6.07, 6.45) is 1.13. The molecule has 5 rings (SSSR count). The van der Waals surface area contributed by atoms with Crippen molar-refractivity contribution in [3.05, 3.63) is 86.3 Å². The number of nitrogens with zero attached hydrogens (tertiary/aromatic N) is 2. The van der Waals surface area contributed by atoms with Crippen LogP contribution in [-0.4, -0.2) is 40.2 Å². The van der Waals surface area contributed by atoms with Crippen LogP contribution >= 0.6 is 31.9 Å². The summed E-state index contributed by atoms with van der Waals surface area (Å²) in [5.41, 5.74) is 10.5. The van der Waals surface area contributed by atoms with E-state index in [-0.39, 0.29) is 18.2 Å². The zero-order valence-corrected chi connectivity index (χ0v) is 28.5. The van der Waals surface area contributed by atoms with E-state index in [1.165, 1.54) is 4.31 Å². The Morgan fingerprint density at radius 2 is 1.52 bits per heavy atom. The molecule has 2 aliphatic heterocycles. The predicted octanol–water partition coefficient (Wildman–Crippen LogP) is 7.21. The Labute approximate surface area is 265 Å². The number of amides is 1. The van der Waals surface area contributed by atoms with Crippen molar-refractivity contribution in [1.82, 2.24) is 5.32 Å². The van der Waals surface area contributed by atoms with Crippen molar-refractivity contribution in [2.24, 2.45) is 5.73 Å². The first-order valence-corrected chi connectivity index (χ1v) is 16.8. The van der Waals surface area contributed by atoms with Crippen molar-refractivity contribution in [2.75, 3.05) is 29.3 Å². The first-order chi connectivity index (χ1) is 19.7. The summed E-state index contributed by atoms with van der Waals surface area (Å²) < 4.78 is 34.6. The lowest BCUT2D eigenvalue weighted by Crippen LogP contribution is -2.39. The zero-order valence-electron chi connectivity index (χ0n) is 24.5. The number of anilines is 2. The van der Waals surface area contributed by atoms with Gasteiger partial charge < -0.3 is 20.7 Å². The Balaban J connectivity index is 0.000000194. The van der Waals surface area contributed by atoms with Gasteiger partial charge in [0.1, 0.15) is 5.60 Å². The summed E-state index contributed by atoms with van der Waals surface area (Å²) in [6, 6.07) is 18.5. The average Bonchev–Trinajstić information content (AvgIpc) is 2.90. The van der Waals surface area contributed by atoms with Gasteiger partial charge in [0, 0.05) is 40.8 Å². The maximum atomic E-state index is 12.9. The van der Waals surface area contributed by atoms with Crippen LogP contribution in [-0.2, 0) is 14.8 Å². The lowest BCUT2D eigenvalue weighted by Gasteiger charge is -2.34. The van der Waals surface area contributed by atoms with Crippen molar-refractivity contribution in [3.63, 3.8) is 0 Å². The molecule has 2 aliphatic rings. The summed E-state index contributed by atoms with van der Waals surface area (Å²) >= 11 is 6.90. The topological polar surface area (TPSA) is 105 Å². The van der Waals surface area contributed by atoms with Crippen LogP contribution in [0.4, 0.5) is 16.2 Å². The van der Waals surface area contributed by atoms with Crippen LogP contribution in [0.5, 0.6) is 0 Å². The summed E-state index contributed by atoms with van der Waals surface area (Å²) in [7, 11) is -1.51. The van der Waals surface area contributed by atoms with Crippen molar-refractivity contribution < 1.29 is 17.9 Å². The highest BCUT2D eigenvalue weighted by Gasteiger charge is 2.32. The van der Waals surface area contributed by atoms with Crippen molar-refractivity contribution in [2.45, 2.75) is 63.1 Å². The monoisotopic (exact) mass is 720 g/mol. The minimum Gasteiger partial charge on any atom is -0.444 e. The third-order valence-corrected chi connectivity index (χ3v) is 9.95. The fraction of sp³-hybridized carbons (Fsp3) is 0.387. The number of hydrogen-bond acceptors (Lipinski definition) is 6. The Morgan fingerprint density at radius 1 is 0.929 bits per heavy atom. The number of nitrogens with two attached hydrogens (primary N) is 1. The van der Waals surface area contributed by atoms with E-state index in [4.69, 9.17) is 10.5 Å². The molecule has 11 heteroatoms. The summed E-state index contributed by atoms with van der Waals surface area (Å²) in [6.45, 7) is 8.83. The molecule has 3 aromatic rings. The van der Waals surface area contributed by atoms with Crippen LogP contribution in [0.1, 0.15) is 62.4 Å². The highest BCUT2D eigenvalue weighted by Crippen LogP contribution is 2.38. The van der Waals surface area contributed by atoms with E-state index < -0.39 is 15.6 Å². The average molecular weight is 723 g/mol. The predicted molar refractivity (Wildman–Crippen MR) is 176 cm³/mol. The number of sulfonamides is 1. The van der Waals surface area contributed by atoms with Crippen LogP contribution in [0, 0.1) is 6.92 Å². The van der Waals surface area contributed by atoms with E-state index in [1.807, 2.05) is 64.1 Å². The molecular weight excluding hydrogens is 684 g/mol. The molecule has 42 heavy (non-hydrogen) atoms. The number of nitrogens with one attached hydrogen (secondary N) is 1. The van der Waals surface area contributed by atoms with Crippen LogP contribution in [0.15, 0.2) is 74.5 Å². The number of rotatable bonds is 3. The Morgan fingerprint density at radius 3 is 2.14 bits per heavy atom. The minimum absolute atomic E-state index is 0.00384. The molecule has 0 fully saturated rings. The molecule has 0 radical (unpaired) electrons. The number of carbonyl (C=O) groups is 1. The molecule has 0 aromatic heterocycles. The van der Waals surface area contributed by atoms with Gasteiger partial charge in [-0.05, 0) is 88.1 Å². The number of aryl methyl sites for hydroxylation is 1. The van der Waals surface area contributed by atoms with E-state index in [1.54, 1.807) is 12.1 Å². The van der Waals surface area contributed by atoms with Crippen LogP contribution in [0.3, 0.4) is 0 Å². The van der Waals surface area contributed by atoms with Gasteiger partial charge in [-0.15, -0.1) is 0 Å². The molecule has 226 valence electrons. The number of hydrogen-bond donors (Lipinski definition) is 2. The van der Waals surface area contributed by atoms with Gasteiger partial charge in [-0.1, -0.05) is 61.7 Å². The van der Waals surface area contributed by atoms with Gasteiger partial charge in [0.2, 0.25) is 0 Å². The first kappa shape index (κ1) is 32.3. The van der Waals surface area contributed by atoms with Crippen molar-refractivity contribution in [1.29, 1.82) is 0 Å². The van der Waals surface area contributed by atoms with Crippen molar-refractivity contribution in [3.8, 4) is 0 Å². The number of halogens is 2. The Hall–Kier alpha value is -2.60. The van der Waals surface area contributed by atoms with Gasteiger partial charge >= 0.3 is 6.09 Å². The largest absolute Gasteiger partial charge is 0.444 e. The number of fused-ring (bicyclic) bond motifs is 2. The van der Waals surface area contributed by atoms with Gasteiger partial charge in [-0.3, -0.25) is 4.31 Å². The number of alkyl carbamates (subject to hydrolysis) is 1. The minimum atomic E-state index is -3.58. The second-order valence-corrected chi connectivity index (χ2v) is 15.3. The molecule has 8 nitrogen and oxygen atoms in total. The Bertz CT molecular complexity index is 1540. The third-order valence-electron chi connectivity index (χ3n) is 7.14. The van der Waals surface area contributed by atoms with Crippen LogP contribution in [0.2, 0.25) is 0 Å². The Kier molecular flexibility index (Phi) is 9.97. The van der Waals surface area contributed by atoms with Crippen LogP contribution in [0.25, 0.3) is 0 Å². The highest BCUT2D eigenvalue weighted by atomic mass is 79.9. The molecule has 3 aromatic carbocycles. The van der Waals surface area contributed by atoms with Gasteiger partial charge in [-0.2, -0.15) is 0 Å². The number of ether oxygens (including phenoxy) is 1. The van der Waals surface area contributed by atoms with Gasteiger partial charge in [0.05, 0.1) is 16.6 Å². The van der Waals surface area contributed by atoms with Crippen LogP contribution < -0.4 is 20.3 Å². The summed E-state index contributed by atoms with van der Waals surface area (Å²) in [4.78, 5) is 14.4. The standard InChI is InChI=1S/C16H17BrN2O2S.C15H21BrN2O2/c1-11-2-5-13(6-3-11)22(20,21)19-9-8-15(18)14-7-4-12(17)10-16(14)19;1-15(2,3)20-14(19)17-12-7-8-18(4)13-9-10(16)5-6-11(12)13/h2-7,10,15H,8-9,18H2,1H3;5-6,9,12H,7-8H2,1-4H3,(H,17,19). The van der Waals surface area contributed by atoms with E-state index >= 15 is 0 Å². The van der Waals surface area contributed by atoms with E-state index in [0.717, 1.165) is 44.3 Å².